The SMILES string of the molecule is O=C(O)CC(=O)N[C@H](CSCc1ccccc1)C(=O)O. The zero-order valence-corrected chi connectivity index (χ0v) is 11.4. The summed E-state index contributed by atoms with van der Waals surface area (Å²) in [5.41, 5.74) is 1.05. The lowest BCUT2D eigenvalue weighted by atomic mass is 10.2. The Labute approximate surface area is 120 Å². The zero-order valence-electron chi connectivity index (χ0n) is 10.6. The van der Waals surface area contributed by atoms with E-state index in [-0.39, 0.29) is 5.75 Å². The fourth-order valence-corrected chi connectivity index (χ4v) is 2.43. The van der Waals surface area contributed by atoms with Crippen molar-refractivity contribution in [2.24, 2.45) is 0 Å². The first kappa shape index (κ1) is 16.0. The summed E-state index contributed by atoms with van der Waals surface area (Å²) in [4.78, 5) is 32.6. The van der Waals surface area contributed by atoms with E-state index in [1.165, 1.54) is 11.8 Å². The molecule has 1 aromatic rings. The van der Waals surface area contributed by atoms with Crippen LogP contribution in [0.3, 0.4) is 0 Å². The first-order valence-electron chi connectivity index (χ1n) is 5.84. The van der Waals surface area contributed by atoms with Crippen molar-refractivity contribution < 1.29 is 24.6 Å². The van der Waals surface area contributed by atoms with Gasteiger partial charge in [-0.05, 0) is 5.56 Å². The largest absolute Gasteiger partial charge is 0.481 e. The van der Waals surface area contributed by atoms with Crippen LogP contribution < -0.4 is 5.32 Å². The summed E-state index contributed by atoms with van der Waals surface area (Å²) < 4.78 is 0. The van der Waals surface area contributed by atoms with Crippen LogP contribution in [-0.4, -0.2) is 39.9 Å². The van der Waals surface area contributed by atoms with Crippen molar-refractivity contribution in [3.05, 3.63) is 35.9 Å². The molecule has 20 heavy (non-hydrogen) atoms. The van der Waals surface area contributed by atoms with Crippen LogP contribution in [0.15, 0.2) is 30.3 Å². The molecule has 0 spiro atoms. The van der Waals surface area contributed by atoms with Gasteiger partial charge < -0.3 is 15.5 Å². The molecule has 0 saturated heterocycles. The van der Waals surface area contributed by atoms with Crippen LogP contribution in [0.4, 0.5) is 0 Å². The monoisotopic (exact) mass is 297 g/mol. The molecule has 0 bridgehead atoms. The van der Waals surface area contributed by atoms with Gasteiger partial charge in [-0.15, -0.1) is 0 Å². The summed E-state index contributed by atoms with van der Waals surface area (Å²) in [6.45, 7) is 0. The Balaban J connectivity index is 2.41. The fraction of sp³-hybridized carbons (Fsp3) is 0.308. The minimum absolute atomic E-state index is 0.176. The highest BCUT2D eigenvalue weighted by Crippen LogP contribution is 2.13. The molecule has 6 nitrogen and oxygen atoms in total. The number of hydrogen-bond donors (Lipinski definition) is 3. The second-order valence-electron chi connectivity index (χ2n) is 4.03. The summed E-state index contributed by atoms with van der Waals surface area (Å²) in [5.74, 6) is -2.47. The van der Waals surface area contributed by atoms with Gasteiger partial charge in [0, 0.05) is 11.5 Å². The number of thioether (sulfide) groups is 1. The molecule has 1 amide bonds. The Morgan fingerprint density at radius 1 is 1.15 bits per heavy atom. The van der Waals surface area contributed by atoms with Crippen molar-refractivity contribution in [2.75, 3.05) is 5.75 Å². The molecule has 0 unspecified atom stereocenters. The van der Waals surface area contributed by atoms with Crippen LogP contribution in [0.1, 0.15) is 12.0 Å². The molecule has 0 heterocycles. The summed E-state index contributed by atoms with van der Waals surface area (Å²) in [6, 6.07) is 8.42. The molecule has 7 heteroatoms. The molecule has 0 aliphatic heterocycles. The smallest absolute Gasteiger partial charge is 0.327 e. The highest BCUT2D eigenvalue weighted by Gasteiger charge is 2.20. The molecular weight excluding hydrogens is 282 g/mol. The molecule has 108 valence electrons. The maximum Gasteiger partial charge on any atom is 0.327 e. The lowest BCUT2D eigenvalue weighted by Crippen LogP contribution is -2.43. The summed E-state index contributed by atoms with van der Waals surface area (Å²) in [7, 11) is 0. The predicted octanol–water partition coefficient (Wildman–Crippen LogP) is 0.964. The summed E-state index contributed by atoms with van der Waals surface area (Å²) >= 11 is 1.36. The number of benzene rings is 1. The van der Waals surface area contributed by atoms with Gasteiger partial charge in [0.25, 0.3) is 0 Å². The minimum atomic E-state index is -1.29. The molecule has 0 saturated carbocycles. The maximum absolute atomic E-state index is 11.2. The minimum Gasteiger partial charge on any atom is -0.481 e. The molecule has 0 radical (unpaired) electrons. The second-order valence-corrected chi connectivity index (χ2v) is 5.06. The summed E-state index contributed by atoms with van der Waals surface area (Å²) in [6.07, 6.45) is -0.729. The Hall–Kier alpha value is -2.02. The van der Waals surface area contributed by atoms with Crippen molar-refractivity contribution >= 4 is 29.6 Å². The maximum atomic E-state index is 11.2. The van der Waals surface area contributed by atoms with Crippen molar-refractivity contribution in [1.82, 2.24) is 5.32 Å². The third kappa shape index (κ3) is 6.24. The highest BCUT2D eigenvalue weighted by atomic mass is 32.2. The van der Waals surface area contributed by atoms with Crippen LogP contribution in [0.2, 0.25) is 0 Å². The molecule has 3 N–H and O–H groups in total. The Kier molecular flexibility index (Phi) is 6.58. The van der Waals surface area contributed by atoms with E-state index in [9.17, 15) is 14.4 Å². The first-order chi connectivity index (χ1) is 9.49. The van der Waals surface area contributed by atoms with E-state index in [4.69, 9.17) is 10.2 Å². The van der Waals surface area contributed by atoms with E-state index >= 15 is 0 Å². The quantitative estimate of drug-likeness (QED) is 0.618. The van der Waals surface area contributed by atoms with Crippen molar-refractivity contribution in [2.45, 2.75) is 18.2 Å². The fourth-order valence-electron chi connectivity index (χ4n) is 1.43. The van der Waals surface area contributed by atoms with Crippen LogP contribution in [0.5, 0.6) is 0 Å². The number of carboxylic acids is 2. The van der Waals surface area contributed by atoms with Gasteiger partial charge in [-0.1, -0.05) is 30.3 Å². The molecule has 0 aromatic heterocycles. The molecule has 0 aliphatic rings. The number of nitrogens with one attached hydrogen (secondary N) is 1. The van der Waals surface area contributed by atoms with Gasteiger partial charge in [0.15, 0.2) is 0 Å². The first-order valence-corrected chi connectivity index (χ1v) is 7.00. The van der Waals surface area contributed by atoms with Crippen LogP contribution >= 0.6 is 11.8 Å². The average Bonchev–Trinajstić information content (AvgIpc) is 2.37. The Morgan fingerprint density at radius 3 is 2.35 bits per heavy atom. The van der Waals surface area contributed by atoms with Crippen LogP contribution in [0.25, 0.3) is 0 Å². The standard InChI is InChI=1S/C13H15NO5S/c15-11(6-12(16)17)14-10(13(18)19)8-20-7-9-4-2-1-3-5-9/h1-5,10H,6-8H2,(H,14,15)(H,16,17)(H,18,19)/t10-/m1/s1. The molecule has 1 aromatic carbocycles. The van der Waals surface area contributed by atoms with Gasteiger partial charge in [0.2, 0.25) is 5.91 Å². The van der Waals surface area contributed by atoms with E-state index in [0.717, 1.165) is 5.56 Å². The van der Waals surface area contributed by atoms with Crippen LogP contribution in [-0.2, 0) is 20.1 Å². The van der Waals surface area contributed by atoms with E-state index in [0.29, 0.717) is 5.75 Å². The number of rotatable bonds is 8. The molecule has 1 rings (SSSR count). The topological polar surface area (TPSA) is 104 Å². The van der Waals surface area contributed by atoms with E-state index in [1.54, 1.807) is 0 Å². The molecule has 0 fully saturated rings. The third-order valence-electron chi connectivity index (χ3n) is 2.34. The molecule has 0 aliphatic carbocycles. The molecule has 1 atom stereocenters. The van der Waals surface area contributed by atoms with Gasteiger partial charge in [-0.2, -0.15) is 11.8 Å². The lowest BCUT2D eigenvalue weighted by Gasteiger charge is -2.13. The zero-order chi connectivity index (χ0) is 15.0. The highest BCUT2D eigenvalue weighted by molar-refractivity contribution is 7.98. The van der Waals surface area contributed by atoms with Crippen LogP contribution in [0, 0.1) is 0 Å². The molecular formula is C13H15NO5S. The second kappa shape index (κ2) is 8.21. The normalized spacial score (nSPS) is 11.6. The van der Waals surface area contributed by atoms with Gasteiger partial charge in [-0.25, -0.2) is 4.79 Å². The Morgan fingerprint density at radius 2 is 1.80 bits per heavy atom. The van der Waals surface area contributed by atoms with E-state index < -0.39 is 30.3 Å². The van der Waals surface area contributed by atoms with Crippen molar-refractivity contribution in [3.63, 3.8) is 0 Å². The predicted molar refractivity (Wildman–Crippen MR) is 74.4 cm³/mol. The number of carbonyl (C=O) groups is 3. The van der Waals surface area contributed by atoms with E-state index in [2.05, 4.69) is 5.32 Å². The number of carbonyl (C=O) groups excluding carboxylic acids is 1. The van der Waals surface area contributed by atoms with Crippen molar-refractivity contribution in [3.8, 4) is 0 Å². The number of hydrogen-bond acceptors (Lipinski definition) is 4. The van der Waals surface area contributed by atoms with Crippen molar-refractivity contribution in [1.29, 1.82) is 0 Å². The van der Waals surface area contributed by atoms with Gasteiger partial charge >= 0.3 is 11.9 Å². The number of amides is 1. The number of aliphatic carboxylic acids is 2. The summed E-state index contributed by atoms with van der Waals surface area (Å²) in [5, 5.41) is 19.6. The number of carboxylic acid groups (broad SMARTS) is 2. The van der Waals surface area contributed by atoms with Gasteiger partial charge in [0.1, 0.15) is 12.5 Å². The average molecular weight is 297 g/mol. The Bertz CT molecular complexity index is 477. The van der Waals surface area contributed by atoms with Gasteiger partial charge in [-0.3, -0.25) is 9.59 Å². The third-order valence-corrected chi connectivity index (χ3v) is 3.45. The van der Waals surface area contributed by atoms with Gasteiger partial charge in [0.05, 0.1) is 0 Å². The lowest BCUT2D eigenvalue weighted by molar-refractivity contribution is -0.144. The van der Waals surface area contributed by atoms with E-state index in [1.807, 2.05) is 30.3 Å².